The fraction of sp³-hybridized carbons (Fsp3) is 0.267. The molecule has 0 aromatic heterocycles. The first kappa shape index (κ1) is 14.6. The summed E-state index contributed by atoms with van der Waals surface area (Å²) in [6.07, 6.45) is 3.20. The van der Waals surface area contributed by atoms with Crippen molar-refractivity contribution in [2.24, 2.45) is 5.73 Å². The van der Waals surface area contributed by atoms with Crippen molar-refractivity contribution in [1.82, 2.24) is 4.90 Å². The molecule has 0 amide bonds. The van der Waals surface area contributed by atoms with Crippen molar-refractivity contribution in [3.05, 3.63) is 42.0 Å². The quantitative estimate of drug-likeness (QED) is 0.588. The Morgan fingerprint density at radius 1 is 1.45 bits per heavy atom. The van der Waals surface area contributed by atoms with E-state index in [9.17, 15) is 0 Å². The summed E-state index contributed by atoms with van der Waals surface area (Å²) in [5.74, 6) is 0. The molecule has 106 valence electrons. The lowest BCUT2D eigenvalue weighted by atomic mass is 9.93. The van der Waals surface area contributed by atoms with E-state index in [-0.39, 0.29) is 5.11 Å². The SMILES string of the molecule is C=C(C1=CCN(C)CC1)c1cc(NC(N)=S)ccc1N. The second kappa shape index (κ2) is 6.07. The van der Waals surface area contributed by atoms with Crippen LogP contribution in [0.4, 0.5) is 11.4 Å². The fourth-order valence-electron chi connectivity index (χ4n) is 2.26. The number of nitrogen functional groups attached to an aromatic ring is 1. The van der Waals surface area contributed by atoms with Gasteiger partial charge in [-0.1, -0.05) is 12.7 Å². The molecule has 1 aliphatic rings. The van der Waals surface area contributed by atoms with Crippen molar-refractivity contribution < 1.29 is 0 Å². The van der Waals surface area contributed by atoms with E-state index in [0.717, 1.165) is 36.3 Å². The van der Waals surface area contributed by atoms with Crippen LogP contribution < -0.4 is 16.8 Å². The minimum atomic E-state index is 0.241. The van der Waals surface area contributed by atoms with Crippen LogP contribution in [0.3, 0.4) is 0 Å². The van der Waals surface area contributed by atoms with Gasteiger partial charge in [0.1, 0.15) is 0 Å². The van der Waals surface area contributed by atoms with Gasteiger partial charge in [0.15, 0.2) is 5.11 Å². The van der Waals surface area contributed by atoms with Crippen LogP contribution in [0.15, 0.2) is 36.4 Å². The van der Waals surface area contributed by atoms with Gasteiger partial charge in [-0.05, 0) is 55.0 Å². The molecule has 5 heteroatoms. The minimum Gasteiger partial charge on any atom is -0.398 e. The van der Waals surface area contributed by atoms with E-state index in [4.69, 9.17) is 23.7 Å². The zero-order chi connectivity index (χ0) is 14.7. The van der Waals surface area contributed by atoms with Gasteiger partial charge in [0.25, 0.3) is 0 Å². The maximum atomic E-state index is 6.06. The van der Waals surface area contributed by atoms with E-state index >= 15 is 0 Å². The third-order valence-corrected chi connectivity index (χ3v) is 3.55. The number of likely N-dealkylation sites (N-methyl/N-ethyl adjacent to an activating group) is 1. The number of hydrogen-bond acceptors (Lipinski definition) is 3. The van der Waals surface area contributed by atoms with E-state index < -0.39 is 0 Å². The van der Waals surface area contributed by atoms with Gasteiger partial charge >= 0.3 is 0 Å². The number of allylic oxidation sites excluding steroid dienone is 1. The first-order valence-corrected chi connectivity index (χ1v) is 6.91. The maximum Gasteiger partial charge on any atom is 0.168 e. The molecule has 2 rings (SSSR count). The number of hydrogen-bond donors (Lipinski definition) is 3. The van der Waals surface area contributed by atoms with Gasteiger partial charge in [0, 0.05) is 30.0 Å². The summed E-state index contributed by atoms with van der Waals surface area (Å²) >= 11 is 4.85. The van der Waals surface area contributed by atoms with Crippen molar-refractivity contribution in [3.8, 4) is 0 Å². The smallest absolute Gasteiger partial charge is 0.168 e. The lowest BCUT2D eigenvalue weighted by Crippen LogP contribution is -2.24. The monoisotopic (exact) mass is 288 g/mol. The summed E-state index contributed by atoms with van der Waals surface area (Å²) in [4.78, 5) is 2.27. The Balaban J connectivity index is 2.27. The third-order valence-electron chi connectivity index (χ3n) is 3.45. The molecule has 1 heterocycles. The summed E-state index contributed by atoms with van der Waals surface area (Å²) in [5, 5.41) is 3.16. The molecule has 0 fully saturated rings. The number of nitrogens with two attached hydrogens (primary N) is 2. The minimum absolute atomic E-state index is 0.241. The van der Waals surface area contributed by atoms with Crippen LogP contribution in [0.5, 0.6) is 0 Å². The van der Waals surface area contributed by atoms with E-state index in [1.165, 1.54) is 5.57 Å². The lowest BCUT2D eigenvalue weighted by molar-refractivity contribution is 0.362. The molecule has 0 aliphatic carbocycles. The standard InChI is InChI=1S/C15H20N4S/c1-10(11-5-7-19(2)8-6-11)13-9-12(18-15(17)20)3-4-14(13)16/h3-5,9H,1,6-8,16H2,2H3,(H3,17,18,20). The highest BCUT2D eigenvalue weighted by Gasteiger charge is 2.14. The first-order chi connectivity index (χ1) is 9.47. The highest BCUT2D eigenvalue weighted by Crippen LogP contribution is 2.31. The Hall–Kier alpha value is -1.85. The van der Waals surface area contributed by atoms with E-state index in [2.05, 4.69) is 29.9 Å². The molecule has 0 unspecified atom stereocenters. The maximum absolute atomic E-state index is 6.06. The average Bonchev–Trinajstić information content (AvgIpc) is 2.40. The average molecular weight is 288 g/mol. The topological polar surface area (TPSA) is 67.3 Å². The first-order valence-electron chi connectivity index (χ1n) is 6.50. The number of rotatable bonds is 3. The molecule has 1 aromatic rings. The number of benzene rings is 1. The van der Waals surface area contributed by atoms with Crippen molar-refractivity contribution in [2.75, 3.05) is 31.2 Å². The highest BCUT2D eigenvalue weighted by molar-refractivity contribution is 7.80. The molecule has 4 nitrogen and oxygen atoms in total. The van der Waals surface area contributed by atoms with Crippen molar-refractivity contribution in [2.45, 2.75) is 6.42 Å². The summed E-state index contributed by atoms with van der Waals surface area (Å²) in [7, 11) is 2.11. The normalized spacial score (nSPS) is 15.6. The second-order valence-corrected chi connectivity index (χ2v) is 5.45. The molecule has 5 N–H and O–H groups in total. The number of nitrogens with one attached hydrogen (secondary N) is 1. The van der Waals surface area contributed by atoms with Crippen molar-refractivity contribution in [3.63, 3.8) is 0 Å². The Bertz CT molecular complexity index is 577. The zero-order valence-electron chi connectivity index (χ0n) is 11.6. The van der Waals surface area contributed by atoms with E-state index in [0.29, 0.717) is 5.69 Å². The van der Waals surface area contributed by atoms with Crippen LogP contribution in [0, 0.1) is 0 Å². The van der Waals surface area contributed by atoms with Crippen LogP contribution >= 0.6 is 12.2 Å². The molecule has 1 aromatic carbocycles. The highest BCUT2D eigenvalue weighted by atomic mass is 32.1. The molecule has 20 heavy (non-hydrogen) atoms. The predicted molar refractivity (Wildman–Crippen MR) is 90.5 cm³/mol. The Morgan fingerprint density at radius 3 is 2.80 bits per heavy atom. The summed E-state index contributed by atoms with van der Waals surface area (Å²) in [6.45, 7) is 6.18. The van der Waals surface area contributed by atoms with Gasteiger partial charge in [0.05, 0.1) is 0 Å². The number of thiocarbonyl (C=S) groups is 1. The molecular formula is C15H20N4S. The van der Waals surface area contributed by atoms with E-state index in [1.807, 2.05) is 18.2 Å². The lowest BCUT2D eigenvalue weighted by Gasteiger charge is -2.24. The van der Waals surface area contributed by atoms with Crippen LogP contribution in [0.25, 0.3) is 5.57 Å². The molecule has 0 radical (unpaired) electrons. The largest absolute Gasteiger partial charge is 0.398 e. The van der Waals surface area contributed by atoms with Crippen LogP contribution in [0.1, 0.15) is 12.0 Å². The molecule has 0 saturated carbocycles. The molecule has 0 atom stereocenters. The molecular weight excluding hydrogens is 268 g/mol. The predicted octanol–water partition coefficient (Wildman–Crippen LogP) is 2.20. The molecule has 1 aliphatic heterocycles. The van der Waals surface area contributed by atoms with Crippen LogP contribution in [-0.2, 0) is 0 Å². The Kier molecular flexibility index (Phi) is 4.42. The van der Waals surface area contributed by atoms with Gasteiger partial charge < -0.3 is 21.7 Å². The van der Waals surface area contributed by atoms with Crippen molar-refractivity contribution in [1.29, 1.82) is 0 Å². The Labute approximate surface area is 125 Å². The fourth-order valence-corrected chi connectivity index (χ4v) is 2.37. The number of nitrogens with zero attached hydrogens (tertiary/aromatic N) is 1. The van der Waals surface area contributed by atoms with Gasteiger partial charge in [0.2, 0.25) is 0 Å². The third kappa shape index (κ3) is 3.37. The van der Waals surface area contributed by atoms with Gasteiger partial charge in [-0.2, -0.15) is 0 Å². The van der Waals surface area contributed by atoms with Gasteiger partial charge in [-0.3, -0.25) is 0 Å². The number of anilines is 2. The van der Waals surface area contributed by atoms with Gasteiger partial charge in [-0.15, -0.1) is 0 Å². The van der Waals surface area contributed by atoms with Crippen LogP contribution in [0.2, 0.25) is 0 Å². The summed E-state index contributed by atoms with van der Waals surface area (Å²) < 4.78 is 0. The molecule has 0 saturated heterocycles. The molecule has 0 bridgehead atoms. The second-order valence-electron chi connectivity index (χ2n) is 5.01. The van der Waals surface area contributed by atoms with Crippen LogP contribution in [-0.4, -0.2) is 30.1 Å². The Morgan fingerprint density at radius 2 is 2.20 bits per heavy atom. The van der Waals surface area contributed by atoms with Crippen molar-refractivity contribution >= 4 is 34.3 Å². The molecule has 0 spiro atoms. The zero-order valence-corrected chi connectivity index (χ0v) is 12.5. The summed E-state index contributed by atoms with van der Waals surface area (Å²) in [5.41, 5.74) is 16.3. The van der Waals surface area contributed by atoms with E-state index in [1.54, 1.807) is 0 Å². The summed E-state index contributed by atoms with van der Waals surface area (Å²) in [6, 6.07) is 5.64. The van der Waals surface area contributed by atoms with Gasteiger partial charge in [-0.25, -0.2) is 0 Å².